The van der Waals surface area contributed by atoms with Gasteiger partial charge in [-0.3, -0.25) is 9.82 Å². The maximum atomic E-state index is 12.1. The molecule has 6 heteroatoms. The van der Waals surface area contributed by atoms with Gasteiger partial charge in [0.05, 0.1) is 17.0 Å². The van der Waals surface area contributed by atoms with Crippen LogP contribution in [0.3, 0.4) is 0 Å². The average Bonchev–Trinajstić information content (AvgIpc) is 2.37. The molecule has 2 aromatic rings. The second-order valence-electron chi connectivity index (χ2n) is 3.80. The first-order valence-corrected chi connectivity index (χ1v) is 7.02. The van der Waals surface area contributed by atoms with Gasteiger partial charge in [0.25, 0.3) is 10.0 Å². The molecular formula is C12H14N2O3S. The van der Waals surface area contributed by atoms with Crippen LogP contribution in [0.25, 0.3) is 10.9 Å². The first kappa shape index (κ1) is 12.9. The highest BCUT2D eigenvalue weighted by Gasteiger charge is 2.18. The summed E-state index contributed by atoms with van der Waals surface area (Å²) in [5.74, 6) is 0. The van der Waals surface area contributed by atoms with Crippen LogP contribution in [0.4, 0.5) is 0 Å². The number of nitrogens with one attached hydrogen (secondary N) is 1. The molecule has 0 saturated carbocycles. The van der Waals surface area contributed by atoms with Crippen LogP contribution in [0.15, 0.2) is 35.4 Å². The van der Waals surface area contributed by atoms with Gasteiger partial charge in [0.1, 0.15) is 0 Å². The first-order chi connectivity index (χ1) is 8.56. The minimum Gasteiger partial charge on any atom is -0.287 e. The summed E-state index contributed by atoms with van der Waals surface area (Å²) in [6, 6.07) is 6.73. The van der Waals surface area contributed by atoms with Gasteiger partial charge in [0.15, 0.2) is 0 Å². The van der Waals surface area contributed by atoms with Crippen LogP contribution in [0.5, 0.6) is 0 Å². The lowest BCUT2D eigenvalue weighted by molar-refractivity contribution is 0.105. The summed E-state index contributed by atoms with van der Waals surface area (Å²) < 4.78 is 24.1. The van der Waals surface area contributed by atoms with Gasteiger partial charge < -0.3 is 0 Å². The normalized spacial score (nSPS) is 11.9. The van der Waals surface area contributed by atoms with Crippen molar-refractivity contribution in [3.63, 3.8) is 0 Å². The van der Waals surface area contributed by atoms with Gasteiger partial charge in [-0.1, -0.05) is 11.0 Å². The van der Waals surface area contributed by atoms with E-state index in [2.05, 4.69) is 9.87 Å². The van der Waals surface area contributed by atoms with Crippen LogP contribution in [0, 0.1) is 6.92 Å². The number of rotatable bonds is 4. The summed E-state index contributed by atoms with van der Waals surface area (Å²) in [6.07, 6.45) is 1.64. The van der Waals surface area contributed by atoms with E-state index in [1.807, 2.05) is 6.92 Å². The quantitative estimate of drug-likeness (QED) is 0.856. The van der Waals surface area contributed by atoms with Crippen molar-refractivity contribution in [2.45, 2.75) is 18.7 Å². The lowest BCUT2D eigenvalue weighted by Gasteiger charge is -2.09. The maximum Gasteiger partial charge on any atom is 0.263 e. The Labute approximate surface area is 106 Å². The molecule has 0 amide bonds. The van der Waals surface area contributed by atoms with E-state index >= 15 is 0 Å². The number of pyridine rings is 1. The van der Waals surface area contributed by atoms with E-state index in [1.165, 1.54) is 0 Å². The van der Waals surface area contributed by atoms with Crippen LogP contribution >= 0.6 is 0 Å². The fourth-order valence-electron chi connectivity index (χ4n) is 1.70. The summed E-state index contributed by atoms with van der Waals surface area (Å²) in [7, 11) is -3.68. The van der Waals surface area contributed by atoms with Crippen molar-refractivity contribution >= 4 is 20.9 Å². The fourth-order valence-corrected chi connectivity index (χ4v) is 2.77. The number of nitrogens with zero attached hydrogens (tertiary/aromatic N) is 1. The third-order valence-corrected chi connectivity index (χ3v) is 3.81. The zero-order valence-corrected chi connectivity index (χ0v) is 11.0. The topological polar surface area (TPSA) is 68.3 Å². The second-order valence-corrected chi connectivity index (χ2v) is 5.41. The van der Waals surface area contributed by atoms with E-state index < -0.39 is 10.0 Å². The van der Waals surface area contributed by atoms with Gasteiger partial charge in [-0.2, -0.15) is 0 Å². The minimum atomic E-state index is -3.68. The zero-order valence-electron chi connectivity index (χ0n) is 10.2. The fraction of sp³-hybridized carbons (Fsp3) is 0.250. The number of benzene rings is 1. The Morgan fingerprint density at radius 3 is 2.83 bits per heavy atom. The Kier molecular flexibility index (Phi) is 3.60. The number of hydrogen-bond acceptors (Lipinski definition) is 4. The van der Waals surface area contributed by atoms with Crippen molar-refractivity contribution in [3.05, 3.63) is 36.0 Å². The molecule has 1 aromatic carbocycles. The SMILES string of the molecule is CCONS(=O)(=O)c1ccc(C)c2ncccc12. The van der Waals surface area contributed by atoms with Gasteiger partial charge >= 0.3 is 0 Å². The molecule has 2 rings (SSSR count). The van der Waals surface area contributed by atoms with Crippen molar-refractivity contribution in [1.29, 1.82) is 0 Å². The summed E-state index contributed by atoms with van der Waals surface area (Å²) in [5, 5.41) is 0.588. The highest BCUT2D eigenvalue weighted by Crippen LogP contribution is 2.23. The second kappa shape index (κ2) is 5.01. The van der Waals surface area contributed by atoms with Gasteiger partial charge in [0.2, 0.25) is 0 Å². The van der Waals surface area contributed by atoms with Gasteiger partial charge in [-0.15, -0.1) is 0 Å². The predicted octanol–water partition coefficient (Wildman–Crippen LogP) is 1.77. The molecule has 0 bridgehead atoms. The maximum absolute atomic E-state index is 12.1. The molecule has 96 valence electrons. The van der Waals surface area contributed by atoms with E-state index in [0.29, 0.717) is 10.9 Å². The Hall–Kier alpha value is -1.50. The monoisotopic (exact) mass is 266 g/mol. The van der Waals surface area contributed by atoms with Crippen LogP contribution < -0.4 is 4.89 Å². The molecule has 0 unspecified atom stereocenters. The molecule has 0 aliphatic rings. The molecule has 0 saturated heterocycles. The lowest BCUT2D eigenvalue weighted by Crippen LogP contribution is -2.24. The van der Waals surface area contributed by atoms with E-state index in [9.17, 15) is 8.42 Å². The number of aromatic nitrogens is 1. The smallest absolute Gasteiger partial charge is 0.263 e. The summed E-state index contributed by atoms with van der Waals surface area (Å²) in [6.45, 7) is 3.86. The third-order valence-electron chi connectivity index (χ3n) is 2.53. The standard InChI is InChI=1S/C12H14N2O3S/c1-3-17-14-18(15,16)11-7-6-9(2)12-10(11)5-4-8-13-12/h4-8,14H,3H2,1-2H3. The lowest BCUT2D eigenvalue weighted by atomic mass is 10.1. The molecule has 0 aliphatic carbocycles. The van der Waals surface area contributed by atoms with E-state index in [-0.39, 0.29) is 11.5 Å². The highest BCUT2D eigenvalue weighted by molar-refractivity contribution is 7.89. The third kappa shape index (κ3) is 2.35. The van der Waals surface area contributed by atoms with Crippen LogP contribution in [-0.2, 0) is 14.9 Å². The number of sulfonamides is 1. The Bertz CT molecular complexity index is 668. The predicted molar refractivity (Wildman–Crippen MR) is 68.4 cm³/mol. The molecule has 1 heterocycles. The molecule has 0 spiro atoms. The van der Waals surface area contributed by atoms with Gasteiger partial charge in [-0.05, 0) is 37.6 Å². The minimum absolute atomic E-state index is 0.171. The van der Waals surface area contributed by atoms with Crippen molar-refractivity contribution in [1.82, 2.24) is 9.87 Å². The van der Waals surface area contributed by atoms with Crippen molar-refractivity contribution in [2.24, 2.45) is 0 Å². The number of aryl methyl sites for hydroxylation is 1. The molecule has 1 N–H and O–H groups in total. The summed E-state index contributed by atoms with van der Waals surface area (Å²) >= 11 is 0. The Morgan fingerprint density at radius 1 is 1.33 bits per heavy atom. The highest BCUT2D eigenvalue weighted by atomic mass is 32.2. The Morgan fingerprint density at radius 2 is 2.11 bits per heavy atom. The van der Waals surface area contributed by atoms with Gasteiger partial charge in [-0.25, -0.2) is 8.42 Å². The van der Waals surface area contributed by atoms with Crippen LogP contribution in [0.2, 0.25) is 0 Å². The molecule has 0 radical (unpaired) electrons. The Balaban J connectivity index is 2.62. The number of hydrogen-bond donors (Lipinski definition) is 1. The summed E-state index contributed by atoms with van der Waals surface area (Å²) in [4.78, 5) is 11.2. The molecule has 0 atom stereocenters. The van der Waals surface area contributed by atoms with E-state index in [1.54, 1.807) is 37.4 Å². The molecule has 5 nitrogen and oxygen atoms in total. The van der Waals surface area contributed by atoms with E-state index in [4.69, 9.17) is 4.84 Å². The first-order valence-electron chi connectivity index (χ1n) is 5.54. The van der Waals surface area contributed by atoms with Crippen LogP contribution in [-0.4, -0.2) is 20.0 Å². The van der Waals surface area contributed by atoms with E-state index in [0.717, 1.165) is 5.56 Å². The van der Waals surface area contributed by atoms with Crippen molar-refractivity contribution in [2.75, 3.05) is 6.61 Å². The average molecular weight is 266 g/mol. The van der Waals surface area contributed by atoms with Crippen molar-refractivity contribution in [3.8, 4) is 0 Å². The molecule has 1 aromatic heterocycles. The molecule has 0 fully saturated rings. The number of fused-ring (bicyclic) bond motifs is 1. The molecule has 0 aliphatic heterocycles. The van der Waals surface area contributed by atoms with Crippen LogP contribution in [0.1, 0.15) is 12.5 Å². The largest absolute Gasteiger partial charge is 0.287 e. The van der Waals surface area contributed by atoms with Crippen molar-refractivity contribution < 1.29 is 13.3 Å². The molecule has 18 heavy (non-hydrogen) atoms. The van der Waals surface area contributed by atoms with Gasteiger partial charge in [0, 0.05) is 11.6 Å². The zero-order chi connectivity index (χ0) is 13.2. The molecular weight excluding hydrogens is 252 g/mol. The summed E-state index contributed by atoms with van der Waals surface area (Å²) in [5.41, 5.74) is 1.61.